The summed E-state index contributed by atoms with van der Waals surface area (Å²) in [6.45, 7) is 13.9. The Morgan fingerprint density at radius 1 is 1.33 bits per heavy atom. The minimum absolute atomic E-state index is 0.119. The van der Waals surface area contributed by atoms with E-state index in [-0.39, 0.29) is 5.56 Å². The topological polar surface area (TPSA) is 62.7 Å². The molecule has 0 unspecified atom stereocenters. The van der Waals surface area contributed by atoms with Gasteiger partial charge in [-0.25, -0.2) is 4.98 Å². The largest absolute Gasteiger partial charge is 0.379 e. The summed E-state index contributed by atoms with van der Waals surface area (Å²) in [6, 6.07) is 6.02. The molecular weight excluding hydrogens is 372 g/mol. The Morgan fingerprint density at radius 3 is 2.73 bits per heavy atom. The van der Waals surface area contributed by atoms with Gasteiger partial charge in [0.15, 0.2) is 0 Å². The minimum Gasteiger partial charge on any atom is -0.379 e. The van der Waals surface area contributed by atoms with E-state index in [4.69, 9.17) is 4.98 Å². The number of anilines is 1. The first-order valence-electron chi connectivity index (χ1n) is 11.0. The molecule has 0 saturated heterocycles. The molecule has 0 fully saturated rings. The van der Waals surface area contributed by atoms with Crippen molar-refractivity contribution >= 4 is 16.7 Å². The highest BCUT2D eigenvalue weighted by atomic mass is 16.1. The number of unbranched alkanes of at least 4 members (excludes halogenated alkanes) is 1. The number of nitrogens with zero attached hydrogens (tertiary/aromatic N) is 2. The minimum atomic E-state index is -0.119. The van der Waals surface area contributed by atoms with E-state index in [2.05, 4.69) is 62.5 Å². The summed E-state index contributed by atoms with van der Waals surface area (Å²) >= 11 is 0. The highest BCUT2D eigenvalue weighted by molar-refractivity contribution is 5.95. The maximum absolute atomic E-state index is 12.4. The molecule has 160 valence electrons. The molecule has 0 aliphatic heterocycles. The third kappa shape index (κ3) is 4.20. The fourth-order valence-electron chi connectivity index (χ4n) is 4.09. The second kappa shape index (κ2) is 9.33. The van der Waals surface area contributed by atoms with E-state index < -0.39 is 0 Å². The van der Waals surface area contributed by atoms with Crippen LogP contribution in [0.25, 0.3) is 22.3 Å². The van der Waals surface area contributed by atoms with Crippen molar-refractivity contribution in [2.24, 2.45) is 0 Å². The highest BCUT2D eigenvalue weighted by Crippen LogP contribution is 2.35. The molecule has 2 N–H and O–H groups in total. The molecule has 0 saturated carbocycles. The van der Waals surface area contributed by atoms with Crippen molar-refractivity contribution in [2.45, 2.75) is 66.8 Å². The van der Waals surface area contributed by atoms with Crippen molar-refractivity contribution in [3.63, 3.8) is 0 Å². The van der Waals surface area contributed by atoms with Gasteiger partial charge in [0.2, 0.25) is 0 Å². The molecule has 30 heavy (non-hydrogen) atoms. The van der Waals surface area contributed by atoms with Gasteiger partial charge in [-0.1, -0.05) is 31.9 Å². The van der Waals surface area contributed by atoms with Crippen molar-refractivity contribution in [3.05, 3.63) is 57.7 Å². The molecule has 3 rings (SSSR count). The van der Waals surface area contributed by atoms with Gasteiger partial charge < -0.3 is 14.9 Å². The SMILES string of the molecule is CCC/C=C(\C)CNc1cc(-c2ccc[nH]c2=O)nc2c(C)c(CC)n(C(C)C)c12. The zero-order valence-corrected chi connectivity index (χ0v) is 19.1. The van der Waals surface area contributed by atoms with Gasteiger partial charge in [0, 0.05) is 24.5 Å². The molecule has 3 heterocycles. The first-order valence-corrected chi connectivity index (χ1v) is 11.0. The number of nitrogens with one attached hydrogen (secondary N) is 2. The van der Waals surface area contributed by atoms with Gasteiger partial charge in [0.1, 0.15) is 0 Å². The summed E-state index contributed by atoms with van der Waals surface area (Å²) in [6.07, 6.45) is 7.12. The molecule has 5 heteroatoms. The van der Waals surface area contributed by atoms with E-state index in [1.54, 1.807) is 6.20 Å². The molecule has 0 aromatic carbocycles. The second-order valence-electron chi connectivity index (χ2n) is 8.25. The number of pyridine rings is 2. The predicted octanol–water partition coefficient (Wildman–Crippen LogP) is 6.00. The van der Waals surface area contributed by atoms with Crippen LogP contribution in [-0.2, 0) is 6.42 Å². The maximum Gasteiger partial charge on any atom is 0.257 e. The van der Waals surface area contributed by atoms with Crippen LogP contribution in [0.5, 0.6) is 0 Å². The smallest absolute Gasteiger partial charge is 0.257 e. The van der Waals surface area contributed by atoms with Gasteiger partial charge in [0.05, 0.1) is 28.0 Å². The van der Waals surface area contributed by atoms with E-state index in [1.807, 2.05) is 18.2 Å². The fourth-order valence-corrected chi connectivity index (χ4v) is 4.09. The normalized spacial score (nSPS) is 12.2. The number of aromatic nitrogens is 3. The molecule has 0 aliphatic carbocycles. The molecule has 0 spiro atoms. The average Bonchev–Trinajstić information content (AvgIpc) is 3.02. The molecule has 0 atom stereocenters. The van der Waals surface area contributed by atoms with Gasteiger partial charge in [0.25, 0.3) is 5.56 Å². The monoisotopic (exact) mass is 406 g/mol. The standard InChI is InChI=1S/C25H34N4O/c1-7-9-11-17(5)15-27-21-14-20(19-12-10-13-26-25(19)30)28-23-18(6)22(8-2)29(16(3)4)24(21)23/h10-14,16H,7-9,15H2,1-6H3,(H,26,30)(H,27,28)/b17-11+. The lowest BCUT2D eigenvalue weighted by molar-refractivity contribution is 0.596. The fraction of sp³-hybridized carbons (Fsp3) is 0.440. The van der Waals surface area contributed by atoms with Crippen molar-refractivity contribution in [1.82, 2.24) is 14.5 Å². The number of allylic oxidation sites excluding steroid dienone is 1. The Labute approximate surface area is 179 Å². The lowest BCUT2D eigenvalue weighted by atomic mass is 10.1. The van der Waals surface area contributed by atoms with E-state index in [9.17, 15) is 4.79 Å². The van der Waals surface area contributed by atoms with Crippen LogP contribution in [0.1, 0.15) is 64.8 Å². The van der Waals surface area contributed by atoms with Crippen LogP contribution in [0.4, 0.5) is 5.69 Å². The van der Waals surface area contributed by atoms with Crippen molar-refractivity contribution < 1.29 is 0 Å². The summed E-state index contributed by atoms with van der Waals surface area (Å²) in [5.74, 6) is 0. The summed E-state index contributed by atoms with van der Waals surface area (Å²) in [7, 11) is 0. The molecule has 3 aromatic heterocycles. The Bertz CT molecular complexity index is 1120. The lowest BCUT2D eigenvalue weighted by Gasteiger charge is -2.18. The van der Waals surface area contributed by atoms with Gasteiger partial charge in [-0.05, 0) is 64.3 Å². The van der Waals surface area contributed by atoms with Crippen LogP contribution < -0.4 is 10.9 Å². The van der Waals surface area contributed by atoms with E-state index >= 15 is 0 Å². The lowest BCUT2D eigenvalue weighted by Crippen LogP contribution is -2.11. The third-order valence-corrected chi connectivity index (χ3v) is 5.60. The number of hydrogen-bond acceptors (Lipinski definition) is 3. The van der Waals surface area contributed by atoms with Crippen LogP contribution in [0, 0.1) is 6.92 Å². The summed E-state index contributed by atoms with van der Waals surface area (Å²) in [5, 5.41) is 3.64. The second-order valence-corrected chi connectivity index (χ2v) is 8.25. The molecule has 0 radical (unpaired) electrons. The number of H-pyrrole nitrogens is 1. The molecule has 0 bridgehead atoms. The maximum atomic E-state index is 12.4. The zero-order valence-electron chi connectivity index (χ0n) is 19.1. The summed E-state index contributed by atoms with van der Waals surface area (Å²) in [4.78, 5) is 20.2. The predicted molar refractivity (Wildman–Crippen MR) is 127 cm³/mol. The van der Waals surface area contributed by atoms with Crippen LogP contribution in [0.3, 0.4) is 0 Å². The average molecular weight is 407 g/mol. The number of hydrogen-bond donors (Lipinski definition) is 2. The zero-order chi connectivity index (χ0) is 21.8. The summed E-state index contributed by atoms with van der Waals surface area (Å²) < 4.78 is 2.39. The van der Waals surface area contributed by atoms with Crippen LogP contribution >= 0.6 is 0 Å². The number of aryl methyl sites for hydroxylation is 1. The van der Waals surface area contributed by atoms with Crippen LogP contribution in [0.15, 0.2) is 40.8 Å². The van der Waals surface area contributed by atoms with Gasteiger partial charge in [-0.3, -0.25) is 4.79 Å². The highest BCUT2D eigenvalue weighted by Gasteiger charge is 2.21. The molecule has 3 aromatic rings. The number of fused-ring (bicyclic) bond motifs is 1. The number of rotatable bonds is 8. The first kappa shape index (κ1) is 21.9. The van der Waals surface area contributed by atoms with E-state index in [0.717, 1.165) is 42.5 Å². The van der Waals surface area contributed by atoms with Gasteiger partial charge in [-0.2, -0.15) is 0 Å². The Hall–Kier alpha value is -2.82. The Balaban J connectivity index is 2.24. The van der Waals surface area contributed by atoms with E-state index in [0.29, 0.717) is 17.3 Å². The molecular formula is C25H34N4O. The third-order valence-electron chi connectivity index (χ3n) is 5.60. The quantitative estimate of drug-likeness (QED) is 0.451. The Morgan fingerprint density at radius 2 is 2.10 bits per heavy atom. The molecule has 0 aliphatic rings. The van der Waals surface area contributed by atoms with E-state index in [1.165, 1.54) is 16.8 Å². The van der Waals surface area contributed by atoms with Crippen LogP contribution in [-0.4, -0.2) is 21.1 Å². The molecule has 5 nitrogen and oxygen atoms in total. The van der Waals surface area contributed by atoms with Gasteiger partial charge in [-0.15, -0.1) is 0 Å². The number of aromatic amines is 1. The molecule has 0 amide bonds. The van der Waals surface area contributed by atoms with Crippen molar-refractivity contribution in [2.75, 3.05) is 11.9 Å². The summed E-state index contributed by atoms with van der Waals surface area (Å²) in [5.41, 5.74) is 8.10. The Kier molecular flexibility index (Phi) is 6.80. The van der Waals surface area contributed by atoms with Crippen molar-refractivity contribution in [1.29, 1.82) is 0 Å². The van der Waals surface area contributed by atoms with Crippen molar-refractivity contribution in [3.8, 4) is 11.3 Å². The van der Waals surface area contributed by atoms with Crippen LogP contribution in [0.2, 0.25) is 0 Å². The van der Waals surface area contributed by atoms with Gasteiger partial charge >= 0.3 is 0 Å². The first-order chi connectivity index (χ1) is 14.4.